The highest BCUT2D eigenvalue weighted by molar-refractivity contribution is 7.09. The van der Waals surface area contributed by atoms with E-state index >= 15 is 0 Å². The second-order valence-electron chi connectivity index (χ2n) is 5.39. The van der Waals surface area contributed by atoms with Gasteiger partial charge in [0.25, 0.3) is 0 Å². The van der Waals surface area contributed by atoms with Gasteiger partial charge in [-0.1, -0.05) is 5.16 Å². The van der Waals surface area contributed by atoms with Crippen LogP contribution in [0.3, 0.4) is 0 Å². The third kappa shape index (κ3) is 3.29. The molecule has 1 aliphatic rings. The molecule has 112 valence electrons. The molecule has 0 saturated carbocycles. The van der Waals surface area contributed by atoms with Gasteiger partial charge in [0.05, 0.1) is 23.0 Å². The van der Waals surface area contributed by atoms with Gasteiger partial charge in [-0.25, -0.2) is 4.98 Å². The maximum absolute atomic E-state index is 12.4. The highest BCUT2D eigenvalue weighted by Gasteiger charge is 2.28. The van der Waals surface area contributed by atoms with Gasteiger partial charge in [-0.3, -0.25) is 4.79 Å². The van der Waals surface area contributed by atoms with E-state index in [-0.39, 0.29) is 11.8 Å². The van der Waals surface area contributed by atoms with Crippen LogP contribution in [0.15, 0.2) is 9.90 Å². The lowest BCUT2D eigenvalue weighted by Crippen LogP contribution is -2.40. The Morgan fingerprint density at radius 2 is 2.33 bits per heavy atom. The van der Waals surface area contributed by atoms with Gasteiger partial charge in [-0.15, -0.1) is 11.3 Å². The van der Waals surface area contributed by atoms with Crippen molar-refractivity contribution < 1.29 is 9.32 Å². The molecule has 0 aliphatic carbocycles. The van der Waals surface area contributed by atoms with Crippen molar-refractivity contribution in [1.29, 1.82) is 0 Å². The van der Waals surface area contributed by atoms with Crippen molar-refractivity contribution in [2.24, 2.45) is 0 Å². The molecule has 0 unspecified atom stereocenters. The maximum Gasteiger partial charge on any atom is 0.231 e. The minimum absolute atomic E-state index is 0.126. The number of aryl methyl sites for hydroxylation is 2. The Balaban J connectivity index is 1.64. The van der Waals surface area contributed by atoms with Crippen molar-refractivity contribution in [2.45, 2.75) is 39.0 Å². The summed E-state index contributed by atoms with van der Waals surface area (Å²) in [4.78, 5) is 22.9. The molecule has 0 bridgehead atoms. The van der Waals surface area contributed by atoms with Gasteiger partial charge < -0.3 is 9.42 Å². The molecule has 3 heterocycles. The van der Waals surface area contributed by atoms with Crippen LogP contribution in [0.4, 0.5) is 0 Å². The Bertz CT molecular complexity index is 636. The zero-order valence-corrected chi connectivity index (χ0v) is 13.0. The molecule has 6 nitrogen and oxygen atoms in total. The molecule has 2 aromatic rings. The summed E-state index contributed by atoms with van der Waals surface area (Å²) in [5, 5.41) is 6.78. The molecular formula is C14H18N4O2S. The predicted molar refractivity (Wildman–Crippen MR) is 78.1 cm³/mol. The number of likely N-dealkylation sites (tertiary alicyclic amines) is 1. The molecule has 1 saturated heterocycles. The largest absolute Gasteiger partial charge is 0.342 e. The standard InChI is InChI=1S/C14H18N4O2S/c1-9-15-14(20-17-9)11-4-3-5-18(7-11)13(19)6-12-8-21-10(2)16-12/h8,11H,3-7H2,1-2H3/t11-/m1/s1. The smallest absolute Gasteiger partial charge is 0.231 e. The minimum atomic E-state index is 0.126. The van der Waals surface area contributed by atoms with E-state index < -0.39 is 0 Å². The van der Waals surface area contributed by atoms with Gasteiger partial charge in [0, 0.05) is 18.5 Å². The number of carbonyl (C=O) groups excluding carboxylic acids is 1. The predicted octanol–water partition coefficient (Wildman–Crippen LogP) is 2.09. The summed E-state index contributed by atoms with van der Waals surface area (Å²) in [6.07, 6.45) is 2.33. The first kappa shape index (κ1) is 14.2. The molecule has 0 aromatic carbocycles. The molecule has 3 rings (SSSR count). The van der Waals surface area contributed by atoms with Crippen molar-refractivity contribution in [3.63, 3.8) is 0 Å². The van der Waals surface area contributed by atoms with Gasteiger partial charge in [0.2, 0.25) is 11.8 Å². The summed E-state index contributed by atoms with van der Waals surface area (Å²) < 4.78 is 5.24. The molecule has 1 atom stereocenters. The second-order valence-corrected chi connectivity index (χ2v) is 6.46. The van der Waals surface area contributed by atoms with Gasteiger partial charge >= 0.3 is 0 Å². The van der Waals surface area contributed by atoms with Crippen LogP contribution in [-0.2, 0) is 11.2 Å². The highest BCUT2D eigenvalue weighted by atomic mass is 32.1. The van der Waals surface area contributed by atoms with E-state index in [4.69, 9.17) is 4.52 Å². The lowest BCUT2D eigenvalue weighted by Gasteiger charge is -2.30. The average molecular weight is 306 g/mol. The van der Waals surface area contributed by atoms with Crippen LogP contribution >= 0.6 is 11.3 Å². The van der Waals surface area contributed by atoms with Crippen molar-refractivity contribution in [3.8, 4) is 0 Å². The molecule has 0 radical (unpaired) electrons. The second kappa shape index (κ2) is 5.93. The number of thiazole rings is 1. The van der Waals surface area contributed by atoms with E-state index in [2.05, 4.69) is 15.1 Å². The lowest BCUT2D eigenvalue weighted by molar-refractivity contribution is -0.131. The van der Waals surface area contributed by atoms with E-state index in [9.17, 15) is 4.79 Å². The van der Waals surface area contributed by atoms with Crippen LogP contribution < -0.4 is 0 Å². The Morgan fingerprint density at radius 1 is 1.48 bits per heavy atom. The number of piperidine rings is 1. The normalized spacial score (nSPS) is 19.0. The zero-order chi connectivity index (χ0) is 14.8. The monoisotopic (exact) mass is 306 g/mol. The zero-order valence-electron chi connectivity index (χ0n) is 12.2. The van der Waals surface area contributed by atoms with E-state index in [1.165, 1.54) is 0 Å². The SMILES string of the molecule is Cc1noc([C@@H]2CCCN(C(=O)Cc3csc(C)n3)C2)n1. The number of nitrogens with zero attached hydrogens (tertiary/aromatic N) is 4. The number of carbonyl (C=O) groups is 1. The molecule has 0 spiro atoms. The third-order valence-corrected chi connectivity index (χ3v) is 4.49. The molecule has 21 heavy (non-hydrogen) atoms. The number of hydrogen-bond acceptors (Lipinski definition) is 6. The number of amides is 1. The van der Waals surface area contributed by atoms with Crippen LogP contribution in [-0.4, -0.2) is 39.0 Å². The summed E-state index contributed by atoms with van der Waals surface area (Å²) in [5.41, 5.74) is 0.859. The molecular weight excluding hydrogens is 288 g/mol. The van der Waals surface area contributed by atoms with Crippen LogP contribution in [0.1, 0.15) is 41.2 Å². The van der Waals surface area contributed by atoms with Gasteiger partial charge in [-0.2, -0.15) is 4.98 Å². The van der Waals surface area contributed by atoms with Crippen molar-refractivity contribution in [1.82, 2.24) is 20.0 Å². The molecule has 2 aromatic heterocycles. The van der Waals surface area contributed by atoms with E-state index in [0.29, 0.717) is 24.7 Å². The summed E-state index contributed by atoms with van der Waals surface area (Å²) in [5.74, 6) is 1.57. The topological polar surface area (TPSA) is 72.1 Å². The van der Waals surface area contributed by atoms with E-state index in [0.717, 1.165) is 30.1 Å². The molecule has 0 N–H and O–H groups in total. The van der Waals surface area contributed by atoms with Gasteiger partial charge in [0.1, 0.15) is 0 Å². The lowest BCUT2D eigenvalue weighted by atomic mass is 9.97. The number of aromatic nitrogens is 3. The Morgan fingerprint density at radius 3 is 3.00 bits per heavy atom. The van der Waals surface area contributed by atoms with Crippen molar-refractivity contribution in [3.05, 3.63) is 27.8 Å². The van der Waals surface area contributed by atoms with Crippen LogP contribution in [0.25, 0.3) is 0 Å². The molecule has 1 fully saturated rings. The first-order valence-corrected chi connectivity index (χ1v) is 7.99. The Labute approximate surface area is 127 Å². The average Bonchev–Trinajstić information content (AvgIpc) is 3.08. The maximum atomic E-state index is 12.4. The minimum Gasteiger partial charge on any atom is -0.342 e. The van der Waals surface area contributed by atoms with E-state index in [1.54, 1.807) is 11.3 Å². The van der Waals surface area contributed by atoms with Crippen LogP contribution in [0.5, 0.6) is 0 Å². The summed E-state index contributed by atoms with van der Waals surface area (Å²) in [6, 6.07) is 0. The summed E-state index contributed by atoms with van der Waals surface area (Å²) in [6.45, 7) is 5.21. The Kier molecular flexibility index (Phi) is 4.01. The van der Waals surface area contributed by atoms with Gasteiger partial charge in [0.15, 0.2) is 5.82 Å². The third-order valence-electron chi connectivity index (χ3n) is 3.67. The van der Waals surface area contributed by atoms with Crippen LogP contribution in [0, 0.1) is 13.8 Å². The molecule has 1 amide bonds. The van der Waals surface area contributed by atoms with Crippen LogP contribution in [0.2, 0.25) is 0 Å². The Hall–Kier alpha value is -1.76. The van der Waals surface area contributed by atoms with Gasteiger partial charge in [-0.05, 0) is 26.7 Å². The first-order valence-electron chi connectivity index (χ1n) is 7.11. The fourth-order valence-electron chi connectivity index (χ4n) is 2.64. The fourth-order valence-corrected chi connectivity index (χ4v) is 3.25. The van der Waals surface area contributed by atoms with Crippen molar-refractivity contribution >= 4 is 17.2 Å². The summed E-state index contributed by atoms with van der Waals surface area (Å²) >= 11 is 1.58. The van der Waals surface area contributed by atoms with E-state index in [1.807, 2.05) is 24.1 Å². The quantitative estimate of drug-likeness (QED) is 0.868. The first-order chi connectivity index (χ1) is 10.1. The van der Waals surface area contributed by atoms with Crippen molar-refractivity contribution in [2.75, 3.05) is 13.1 Å². The fraction of sp³-hybridized carbons (Fsp3) is 0.571. The summed E-state index contributed by atoms with van der Waals surface area (Å²) in [7, 11) is 0. The molecule has 1 aliphatic heterocycles. The highest BCUT2D eigenvalue weighted by Crippen LogP contribution is 2.26. The molecule has 7 heteroatoms. The number of rotatable bonds is 3. The number of hydrogen-bond donors (Lipinski definition) is 0.